The largest absolute Gasteiger partial charge is 0.307 e. The van der Waals surface area contributed by atoms with Crippen LogP contribution in [0.3, 0.4) is 0 Å². The van der Waals surface area contributed by atoms with Crippen LogP contribution < -0.4 is 5.56 Å². The van der Waals surface area contributed by atoms with Crippen molar-refractivity contribution >= 4 is 5.52 Å². The zero-order chi connectivity index (χ0) is 20.3. The van der Waals surface area contributed by atoms with Gasteiger partial charge in [0, 0.05) is 31.5 Å². The minimum atomic E-state index is -0.110. The van der Waals surface area contributed by atoms with Gasteiger partial charge in [-0.05, 0) is 24.8 Å². The van der Waals surface area contributed by atoms with Crippen LogP contribution in [0.1, 0.15) is 57.6 Å². The van der Waals surface area contributed by atoms with Gasteiger partial charge < -0.3 is 4.98 Å². The van der Waals surface area contributed by atoms with Gasteiger partial charge in [-0.2, -0.15) is 5.10 Å². The molecule has 6 nitrogen and oxygen atoms in total. The highest BCUT2D eigenvalue weighted by molar-refractivity contribution is 5.42. The second kappa shape index (κ2) is 8.69. The van der Waals surface area contributed by atoms with Gasteiger partial charge in [0.15, 0.2) is 5.52 Å². The third-order valence-corrected chi connectivity index (χ3v) is 5.76. The van der Waals surface area contributed by atoms with Gasteiger partial charge in [0.1, 0.15) is 11.6 Å². The number of imidazole rings is 1. The van der Waals surface area contributed by atoms with Gasteiger partial charge in [0.25, 0.3) is 5.56 Å². The van der Waals surface area contributed by atoms with E-state index in [0.29, 0.717) is 11.4 Å². The molecule has 1 saturated heterocycles. The zero-order valence-electron chi connectivity index (χ0n) is 17.4. The summed E-state index contributed by atoms with van der Waals surface area (Å²) in [5, 5.41) is 4.81. The molecule has 0 spiro atoms. The number of hydrogen-bond donors (Lipinski definition) is 1. The molecule has 0 aromatic carbocycles. The number of rotatable bonds is 7. The van der Waals surface area contributed by atoms with E-state index in [0.717, 1.165) is 37.7 Å². The summed E-state index contributed by atoms with van der Waals surface area (Å²) in [6, 6.07) is 0. The Labute approximate surface area is 166 Å². The lowest BCUT2D eigenvalue weighted by molar-refractivity contribution is 0.356. The summed E-state index contributed by atoms with van der Waals surface area (Å²) >= 11 is 0. The minimum Gasteiger partial charge on any atom is -0.307 e. The molecule has 0 amide bonds. The third kappa shape index (κ3) is 4.02. The number of nitrogens with one attached hydrogen (secondary N) is 1. The predicted molar refractivity (Wildman–Crippen MR) is 114 cm³/mol. The van der Waals surface area contributed by atoms with Crippen molar-refractivity contribution in [2.24, 2.45) is 5.92 Å². The molecule has 2 aromatic heterocycles. The average Bonchev–Trinajstić information content (AvgIpc) is 3.28. The van der Waals surface area contributed by atoms with E-state index in [2.05, 4.69) is 61.3 Å². The molecular formula is C22H31N5O. The van der Waals surface area contributed by atoms with Crippen LogP contribution in [0.15, 0.2) is 47.4 Å². The number of aromatic nitrogens is 4. The fourth-order valence-electron chi connectivity index (χ4n) is 3.86. The molecule has 0 bridgehead atoms. The summed E-state index contributed by atoms with van der Waals surface area (Å²) in [5.41, 5.74) is 1.67. The molecule has 3 unspecified atom stereocenters. The lowest BCUT2D eigenvalue weighted by Crippen LogP contribution is -2.24. The first-order valence-electron chi connectivity index (χ1n) is 10.1. The van der Waals surface area contributed by atoms with Crippen LogP contribution in [-0.2, 0) is 0 Å². The lowest BCUT2D eigenvalue weighted by Gasteiger charge is -2.16. The van der Waals surface area contributed by atoms with Crippen molar-refractivity contribution < 1.29 is 0 Å². The highest BCUT2D eigenvalue weighted by Gasteiger charge is 2.33. The molecule has 150 valence electrons. The first kappa shape index (κ1) is 20.3. The van der Waals surface area contributed by atoms with Crippen molar-refractivity contribution in [3.05, 3.63) is 64.7 Å². The molecule has 0 saturated carbocycles. The van der Waals surface area contributed by atoms with Crippen molar-refractivity contribution in [1.82, 2.24) is 24.5 Å². The molecule has 28 heavy (non-hydrogen) atoms. The molecule has 0 aliphatic carbocycles. The molecule has 1 aliphatic heterocycles. The number of likely N-dealkylation sites (tertiary alicyclic amines) is 1. The van der Waals surface area contributed by atoms with Gasteiger partial charge in [-0.25, -0.2) is 9.50 Å². The number of H-pyrrole nitrogens is 1. The SMILES string of the molecule is C=C/C=C\C(=C/C)CN1CC(C)C(c2nn3c(C(C)CC)ncc3c(=O)[nH]2)C1. The number of fused-ring (bicyclic) bond motifs is 1. The van der Waals surface area contributed by atoms with Crippen molar-refractivity contribution in [1.29, 1.82) is 0 Å². The van der Waals surface area contributed by atoms with Gasteiger partial charge in [0.2, 0.25) is 0 Å². The van der Waals surface area contributed by atoms with Gasteiger partial charge in [0.05, 0.1) is 6.20 Å². The molecule has 2 aromatic rings. The maximum Gasteiger partial charge on any atom is 0.276 e. The summed E-state index contributed by atoms with van der Waals surface area (Å²) in [7, 11) is 0. The molecule has 0 radical (unpaired) electrons. The molecule has 6 heteroatoms. The first-order valence-corrected chi connectivity index (χ1v) is 10.1. The van der Waals surface area contributed by atoms with Gasteiger partial charge >= 0.3 is 0 Å². The van der Waals surface area contributed by atoms with Gasteiger partial charge in [-0.1, -0.05) is 51.7 Å². The molecule has 1 fully saturated rings. The average molecular weight is 382 g/mol. The summed E-state index contributed by atoms with van der Waals surface area (Å²) in [5.74, 6) is 2.50. The molecule has 3 rings (SSSR count). The third-order valence-electron chi connectivity index (χ3n) is 5.76. The highest BCUT2D eigenvalue weighted by Crippen LogP contribution is 2.30. The van der Waals surface area contributed by atoms with Crippen molar-refractivity contribution in [2.45, 2.75) is 46.0 Å². The Hall–Kier alpha value is -2.47. The fourth-order valence-corrected chi connectivity index (χ4v) is 3.86. The topological polar surface area (TPSA) is 66.3 Å². The summed E-state index contributed by atoms with van der Waals surface area (Å²) in [6.45, 7) is 15.0. The van der Waals surface area contributed by atoms with Crippen LogP contribution in [0.2, 0.25) is 0 Å². The molecule has 1 N–H and O–H groups in total. The van der Waals surface area contributed by atoms with Crippen molar-refractivity contribution in [3.8, 4) is 0 Å². The van der Waals surface area contributed by atoms with E-state index in [9.17, 15) is 4.79 Å². The Bertz CT molecular complexity index is 951. The summed E-state index contributed by atoms with van der Waals surface area (Å²) in [4.78, 5) is 22.5. The fraction of sp³-hybridized carbons (Fsp3) is 0.500. The normalized spacial score (nSPS) is 22.4. The van der Waals surface area contributed by atoms with Crippen molar-refractivity contribution in [3.63, 3.8) is 0 Å². The van der Waals surface area contributed by atoms with Crippen molar-refractivity contribution in [2.75, 3.05) is 19.6 Å². The smallest absolute Gasteiger partial charge is 0.276 e. The number of aromatic amines is 1. The van der Waals surface area contributed by atoms with Crippen LogP contribution in [0.5, 0.6) is 0 Å². The quantitative estimate of drug-likeness (QED) is 0.744. The first-order chi connectivity index (χ1) is 13.5. The number of hydrogen-bond acceptors (Lipinski definition) is 4. The second-order valence-electron chi connectivity index (χ2n) is 7.80. The lowest BCUT2D eigenvalue weighted by atomic mass is 9.97. The van der Waals surface area contributed by atoms with Crippen LogP contribution >= 0.6 is 0 Å². The molecule has 3 heterocycles. The molecule has 3 atom stereocenters. The summed E-state index contributed by atoms with van der Waals surface area (Å²) in [6.07, 6.45) is 10.6. The second-order valence-corrected chi connectivity index (χ2v) is 7.80. The van der Waals surface area contributed by atoms with Gasteiger partial charge in [-0.15, -0.1) is 0 Å². The number of allylic oxidation sites excluding steroid dienone is 3. The van der Waals surface area contributed by atoms with Crippen LogP contribution in [0.4, 0.5) is 0 Å². The Morgan fingerprint density at radius 1 is 1.46 bits per heavy atom. The maximum absolute atomic E-state index is 12.6. The maximum atomic E-state index is 12.6. The zero-order valence-corrected chi connectivity index (χ0v) is 17.4. The molecule has 1 aliphatic rings. The Balaban J connectivity index is 1.87. The van der Waals surface area contributed by atoms with E-state index in [4.69, 9.17) is 5.10 Å². The summed E-state index contributed by atoms with van der Waals surface area (Å²) < 4.78 is 1.75. The monoisotopic (exact) mass is 381 g/mol. The Kier molecular flexibility index (Phi) is 6.29. The Morgan fingerprint density at radius 3 is 2.93 bits per heavy atom. The standard InChI is InChI=1S/C22H31N5O/c1-6-9-10-17(8-3)13-26-12-16(5)18(14-26)20-24-22(28)19-11-23-21(15(4)7-2)27(19)25-20/h6,8-11,15-16,18H,1,7,12-14H2,2-5H3,(H,24,25,28)/b10-9-,17-8+. The highest BCUT2D eigenvalue weighted by atomic mass is 16.1. The minimum absolute atomic E-state index is 0.110. The Morgan fingerprint density at radius 2 is 2.25 bits per heavy atom. The van der Waals surface area contributed by atoms with E-state index in [1.165, 1.54) is 5.57 Å². The van der Waals surface area contributed by atoms with Crippen LogP contribution in [0, 0.1) is 5.92 Å². The molecular weight excluding hydrogens is 350 g/mol. The number of nitrogens with zero attached hydrogens (tertiary/aromatic N) is 4. The van der Waals surface area contributed by atoms with E-state index >= 15 is 0 Å². The van der Waals surface area contributed by atoms with E-state index in [1.54, 1.807) is 16.8 Å². The van der Waals surface area contributed by atoms with E-state index < -0.39 is 0 Å². The van der Waals surface area contributed by atoms with Crippen LogP contribution in [0.25, 0.3) is 5.52 Å². The van der Waals surface area contributed by atoms with Crippen LogP contribution in [-0.4, -0.2) is 44.1 Å². The van der Waals surface area contributed by atoms with E-state index in [1.807, 2.05) is 6.08 Å². The predicted octanol–water partition coefficient (Wildman–Crippen LogP) is 3.65. The van der Waals surface area contributed by atoms with Gasteiger partial charge in [-0.3, -0.25) is 9.69 Å². The van der Waals surface area contributed by atoms with E-state index in [-0.39, 0.29) is 17.4 Å².